The van der Waals surface area contributed by atoms with Crippen LogP contribution in [0.25, 0.3) is 0 Å². The minimum absolute atomic E-state index is 0.966. The van der Waals surface area contributed by atoms with Crippen LogP contribution in [0.5, 0.6) is 0 Å². The Balaban J connectivity index is 3.83. The Morgan fingerprint density at radius 3 is 2.00 bits per heavy atom. The molecule has 0 fully saturated rings. The van der Waals surface area contributed by atoms with Gasteiger partial charge in [0, 0.05) is 8.61 Å². The molecule has 0 aliphatic heterocycles. The van der Waals surface area contributed by atoms with Crippen molar-refractivity contribution in [2.24, 2.45) is 0 Å². The highest BCUT2D eigenvalue weighted by Gasteiger charge is 1.93. The minimum Gasteiger partial charge on any atom is -0.0884 e. The molecule has 0 atom stereocenters. The molecule has 0 saturated heterocycles. The van der Waals surface area contributed by atoms with Crippen molar-refractivity contribution < 1.29 is 0 Å². The van der Waals surface area contributed by atoms with Crippen molar-refractivity contribution in [1.82, 2.24) is 0 Å². The molecule has 0 rings (SSSR count). The molecule has 0 heterocycles. The Kier molecular flexibility index (Phi) is 5.06. The van der Waals surface area contributed by atoms with E-state index in [9.17, 15) is 0 Å². The fraction of sp³-hybridized carbons (Fsp3) is 0.667. The van der Waals surface area contributed by atoms with Crippen LogP contribution in [-0.2, 0) is 0 Å². The van der Waals surface area contributed by atoms with Gasteiger partial charge in [0.1, 0.15) is 0 Å². The lowest BCUT2D eigenvalue weighted by Gasteiger charge is -1.94. The van der Waals surface area contributed by atoms with Gasteiger partial charge in [0.15, 0.2) is 0 Å². The van der Waals surface area contributed by atoms with Gasteiger partial charge in [-0.05, 0) is 35.4 Å². The maximum atomic E-state index is 5.79. The Hall–Kier alpha value is 0.760. The second-order valence-electron chi connectivity index (χ2n) is 1.52. The molecule has 0 spiro atoms. The predicted octanol–water partition coefficient (Wildman–Crippen LogP) is 3.69. The van der Waals surface area contributed by atoms with Crippen LogP contribution < -0.4 is 0 Å². The molecule has 0 aromatic heterocycles. The summed E-state index contributed by atoms with van der Waals surface area (Å²) < 4.78 is 1.28. The molecule has 8 heavy (non-hydrogen) atoms. The lowest BCUT2D eigenvalue weighted by molar-refractivity contribution is 1.13. The molecule has 0 aromatic rings. The van der Waals surface area contributed by atoms with E-state index in [0.29, 0.717) is 0 Å². The standard InChI is InChI=1S/C6H10ClI/c1-3-5(7)6(8)4-2/h3-4H2,1-2H3/b6-5+. The molecule has 0 aliphatic rings. The third-order valence-corrected chi connectivity index (χ3v) is 3.14. The highest BCUT2D eigenvalue weighted by Crippen LogP contribution is 2.21. The van der Waals surface area contributed by atoms with E-state index in [1.807, 2.05) is 0 Å². The van der Waals surface area contributed by atoms with Gasteiger partial charge in [-0.15, -0.1) is 0 Å². The van der Waals surface area contributed by atoms with Crippen LogP contribution in [0.4, 0.5) is 0 Å². The molecule has 0 saturated carbocycles. The van der Waals surface area contributed by atoms with Crippen molar-refractivity contribution in [3.63, 3.8) is 0 Å². The number of hydrogen-bond donors (Lipinski definition) is 0. The van der Waals surface area contributed by atoms with E-state index in [4.69, 9.17) is 11.6 Å². The van der Waals surface area contributed by atoms with Gasteiger partial charge in [0.25, 0.3) is 0 Å². The average molecular weight is 245 g/mol. The summed E-state index contributed by atoms with van der Waals surface area (Å²) in [5.74, 6) is 0. The monoisotopic (exact) mass is 244 g/mol. The smallest absolute Gasteiger partial charge is 0.0270 e. The van der Waals surface area contributed by atoms with Crippen molar-refractivity contribution in [3.8, 4) is 0 Å². The number of halogens is 2. The Bertz CT molecular complexity index is 84.7. The highest BCUT2D eigenvalue weighted by atomic mass is 127. The Morgan fingerprint density at radius 2 is 1.88 bits per heavy atom. The van der Waals surface area contributed by atoms with E-state index in [-0.39, 0.29) is 0 Å². The van der Waals surface area contributed by atoms with Crippen LogP contribution in [0.2, 0.25) is 0 Å². The van der Waals surface area contributed by atoms with Gasteiger partial charge >= 0.3 is 0 Å². The topological polar surface area (TPSA) is 0 Å². The first-order chi connectivity index (χ1) is 3.72. The van der Waals surface area contributed by atoms with Gasteiger partial charge in [-0.2, -0.15) is 0 Å². The summed E-state index contributed by atoms with van der Waals surface area (Å²) in [4.78, 5) is 0. The van der Waals surface area contributed by atoms with Crippen LogP contribution in [-0.4, -0.2) is 0 Å². The largest absolute Gasteiger partial charge is 0.0884 e. The fourth-order valence-corrected chi connectivity index (χ4v) is 0.899. The molecule has 0 nitrogen and oxygen atoms in total. The Morgan fingerprint density at radius 1 is 1.38 bits per heavy atom. The molecular formula is C6H10ClI. The van der Waals surface area contributed by atoms with E-state index < -0.39 is 0 Å². The summed E-state index contributed by atoms with van der Waals surface area (Å²) in [5, 5.41) is 1.01. The van der Waals surface area contributed by atoms with Crippen molar-refractivity contribution >= 4 is 34.2 Å². The molecule has 0 aliphatic carbocycles. The lowest BCUT2D eigenvalue weighted by Crippen LogP contribution is -1.71. The van der Waals surface area contributed by atoms with E-state index in [0.717, 1.165) is 17.9 Å². The summed E-state index contributed by atoms with van der Waals surface area (Å²) in [6.45, 7) is 4.18. The van der Waals surface area contributed by atoms with Crippen LogP contribution in [0.3, 0.4) is 0 Å². The van der Waals surface area contributed by atoms with Crippen LogP contribution in [0, 0.1) is 0 Å². The van der Waals surface area contributed by atoms with E-state index in [1.165, 1.54) is 3.58 Å². The maximum absolute atomic E-state index is 5.79. The van der Waals surface area contributed by atoms with Gasteiger partial charge in [0.2, 0.25) is 0 Å². The van der Waals surface area contributed by atoms with Crippen molar-refractivity contribution in [2.45, 2.75) is 26.7 Å². The summed E-state index contributed by atoms with van der Waals surface area (Å²) in [6, 6.07) is 0. The van der Waals surface area contributed by atoms with Gasteiger partial charge in [-0.25, -0.2) is 0 Å². The maximum Gasteiger partial charge on any atom is 0.0270 e. The summed E-state index contributed by atoms with van der Waals surface area (Å²) in [6.07, 6.45) is 2.03. The fourth-order valence-electron chi connectivity index (χ4n) is 0.384. The number of hydrogen-bond acceptors (Lipinski definition) is 0. The van der Waals surface area contributed by atoms with E-state index in [2.05, 4.69) is 36.4 Å². The zero-order valence-electron chi connectivity index (χ0n) is 5.17. The molecule has 48 valence electrons. The number of rotatable bonds is 2. The van der Waals surface area contributed by atoms with Gasteiger partial charge in [0.05, 0.1) is 0 Å². The first-order valence-corrected chi connectivity index (χ1v) is 4.21. The van der Waals surface area contributed by atoms with Crippen LogP contribution in [0.1, 0.15) is 26.7 Å². The highest BCUT2D eigenvalue weighted by molar-refractivity contribution is 14.1. The van der Waals surface area contributed by atoms with Gasteiger partial charge in [-0.3, -0.25) is 0 Å². The quantitative estimate of drug-likeness (QED) is 0.650. The zero-order chi connectivity index (χ0) is 6.57. The summed E-state index contributed by atoms with van der Waals surface area (Å²) >= 11 is 8.07. The minimum atomic E-state index is 0.966. The second-order valence-corrected chi connectivity index (χ2v) is 3.28. The SMILES string of the molecule is CC/C(Cl)=C(\I)CC. The Labute approximate surface area is 69.4 Å². The van der Waals surface area contributed by atoms with Gasteiger partial charge in [-0.1, -0.05) is 25.4 Å². The second kappa shape index (κ2) is 4.62. The average Bonchev–Trinajstić information content (AvgIpc) is 1.84. The van der Waals surface area contributed by atoms with Crippen molar-refractivity contribution in [3.05, 3.63) is 8.61 Å². The molecule has 0 N–H and O–H groups in total. The summed E-state index contributed by atoms with van der Waals surface area (Å²) in [7, 11) is 0. The normalized spacial score (nSPS) is 13.5. The van der Waals surface area contributed by atoms with E-state index in [1.54, 1.807) is 0 Å². The molecular weight excluding hydrogens is 234 g/mol. The third-order valence-electron chi connectivity index (χ3n) is 0.915. The lowest BCUT2D eigenvalue weighted by atomic mass is 10.3. The summed E-state index contributed by atoms with van der Waals surface area (Å²) in [5.41, 5.74) is 0. The molecule has 0 aromatic carbocycles. The van der Waals surface area contributed by atoms with Gasteiger partial charge < -0.3 is 0 Å². The molecule has 0 amide bonds. The molecule has 0 radical (unpaired) electrons. The molecule has 0 unspecified atom stereocenters. The van der Waals surface area contributed by atoms with Crippen LogP contribution in [0.15, 0.2) is 8.61 Å². The van der Waals surface area contributed by atoms with Crippen LogP contribution >= 0.6 is 34.2 Å². The third kappa shape index (κ3) is 2.92. The number of allylic oxidation sites excluding steroid dienone is 2. The zero-order valence-corrected chi connectivity index (χ0v) is 8.08. The molecule has 0 bridgehead atoms. The predicted molar refractivity (Wildman–Crippen MR) is 47.5 cm³/mol. The first-order valence-electron chi connectivity index (χ1n) is 2.75. The van der Waals surface area contributed by atoms with E-state index >= 15 is 0 Å². The first kappa shape index (κ1) is 8.76. The molecule has 2 heteroatoms. The van der Waals surface area contributed by atoms with Crippen molar-refractivity contribution in [2.75, 3.05) is 0 Å². The van der Waals surface area contributed by atoms with Crippen molar-refractivity contribution in [1.29, 1.82) is 0 Å².